The third-order valence-electron chi connectivity index (χ3n) is 4.60. The van der Waals surface area contributed by atoms with Crippen LogP contribution in [0.4, 0.5) is 11.5 Å². The summed E-state index contributed by atoms with van der Waals surface area (Å²) in [5.74, 6) is 1.86. The van der Waals surface area contributed by atoms with E-state index in [0.717, 1.165) is 17.0 Å². The minimum Gasteiger partial charge on any atom is -0.457 e. The number of hydrogen-bond donors (Lipinski definition) is 2. The zero-order valence-electron chi connectivity index (χ0n) is 16.2. The van der Waals surface area contributed by atoms with Gasteiger partial charge in [-0.05, 0) is 60.5 Å². The molecule has 2 aromatic carbocycles. The summed E-state index contributed by atoms with van der Waals surface area (Å²) in [6, 6.07) is 20.8. The second kappa shape index (κ2) is 9.07. The summed E-state index contributed by atoms with van der Waals surface area (Å²) < 4.78 is 11.2. The van der Waals surface area contributed by atoms with Crippen molar-refractivity contribution < 1.29 is 14.3 Å². The summed E-state index contributed by atoms with van der Waals surface area (Å²) in [5, 5.41) is 15.2. The van der Waals surface area contributed by atoms with E-state index in [-0.39, 0.29) is 18.6 Å². The van der Waals surface area contributed by atoms with Gasteiger partial charge in [0.1, 0.15) is 30.0 Å². The second-order valence-electron chi connectivity index (χ2n) is 6.89. The number of hydrogen-bond acceptors (Lipinski definition) is 6. The highest BCUT2D eigenvalue weighted by atomic mass is 16.5. The van der Waals surface area contributed by atoms with Crippen molar-refractivity contribution in [1.29, 1.82) is 5.26 Å². The first-order chi connectivity index (χ1) is 14.7. The number of pyridine rings is 1. The topological polar surface area (TPSA) is 96.3 Å². The molecule has 30 heavy (non-hydrogen) atoms. The fraction of sp³-hybridized carbons (Fsp3) is 0.174. The first-order valence-electron chi connectivity index (χ1n) is 9.56. The highest BCUT2D eigenvalue weighted by Gasteiger charge is 2.18. The molecule has 1 aliphatic heterocycles. The number of morpholine rings is 1. The zero-order valence-corrected chi connectivity index (χ0v) is 16.2. The number of aromatic nitrogens is 1. The molecule has 3 aromatic rings. The number of carbonyl (C=O) groups excluding carboxylic acids is 1. The molecule has 0 saturated carbocycles. The number of benzene rings is 2. The standard InChI is InChI=1S/C23H20N4O3/c24-13-17-2-1-11-25-23(17)27-18-5-9-21(10-6-18)30-20-7-3-16(4-8-20)12-19-14-29-15-22(28)26-19/h1-11,19H,12,14-15H2,(H,25,27)(H,26,28). The molecule has 2 heterocycles. The van der Waals surface area contributed by atoms with Gasteiger partial charge < -0.3 is 20.1 Å². The van der Waals surface area contributed by atoms with Crippen molar-refractivity contribution in [1.82, 2.24) is 10.3 Å². The zero-order chi connectivity index (χ0) is 20.8. The van der Waals surface area contributed by atoms with Crippen LogP contribution in [0.2, 0.25) is 0 Å². The predicted octanol–water partition coefficient (Wildman–Crippen LogP) is 3.55. The van der Waals surface area contributed by atoms with E-state index in [1.54, 1.807) is 18.3 Å². The first-order valence-corrected chi connectivity index (χ1v) is 9.56. The predicted molar refractivity (Wildman–Crippen MR) is 112 cm³/mol. The highest BCUT2D eigenvalue weighted by molar-refractivity contribution is 5.78. The maximum Gasteiger partial charge on any atom is 0.246 e. The van der Waals surface area contributed by atoms with E-state index in [2.05, 4.69) is 21.7 Å². The Morgan fingerprint density at radius 1 is 1.13 bits per heavy atom. The molecule has 2 N–H and O–H groups in total. The average Bonchev–Trinajstić information content (AvgIpc) is 2.77. The Labute approximate surface area is 174 Å². The molecule has 0 radical (unpaired) electrons. The molecule has 1 aromatic heterocycles. The van der Waals surface area contributed by atoms with Crippen LogP contribution in [0.15, 0.2) is 66.9 Å². The molecule has 4 rings (SSSR count). The van der Waals surface area contributed by atoms with Gasteiger partial charge in [0.2, 0.25) is 5.91 Å². The molecule has 7 nitrogen and oxygen atoms in total. The van der Waals surface area contributed by atoms with Crippen molar-refractivity contribution in [3.8, 4) is 17.6 Å². The maximum absolute atomic E-state index is 11.4. The summed E-state index contributed by atoms with van der Waals surface area (Å²) >= 11 is 0. The summed E-state index contributed by atoms with van der Waals surface area (Å²) in [6.45, 7) is 0.664. The fourth-order valence-corrected chi connectivity index (χ4v) is 3.17. The fourth-order valence-electron chi connectivity index (χ4n) is 3.17. The number of ether oxygens (including phenoxy) is 2. The Bertz CT molecular complexity index is 1060. The summed E-state index contributed by atoms with van der Waals surface area (Å²) in [5.41, 5.74) is 2.39. The van der Waals surface area contributed by atoms with Crippen LogP contribution in [0, 0.1) is 11.3 Å². The Morgan fingerprint density at radius 3 is 2.57 bits per heavy atom. The lowest BCUT2D eigenvalue weighted by Crippen LogP contribution is -2.46. The molecule has 7 heteroatoms. The molecule has 1 amide bonds. The molecular weight excluding hydrogens is 380 g/mol. The van der Waals surface area contributed by atoms with Gasteiger partial charge in [-0.2, -0.15) is 5.26 Å². The van der Waals surface area contributed by atoms with Crippen molar-refractivity contribution >= 4 is 17.4 Å². The van der Waals surface area contributed by atoms with Crippen molar-refractivity contribution in [2.45, 2.75) is 12.5 Å². The Morgan fingerprint density at radius 2 is 1.87 bits per heavy atom. The number of nitriles is 1. The van der Waals surface area contributed by atoms with Gasteiger partial charge in [0.15, 0.2) is 0 Å². The molecule has 1 aliphatic rings. The molecule has 1 fully saturated rings. The maximum atomic E-state index is 11.4. The number of nitrogens with one attached hydrogen (secondary N) is 2. The number of anilines is 2. The Hall–Kier alpha value is -3.89. The van der Waals surface area contributed by atoms with Crippen molar-refractivity contribution in [2.75, 3.05) is 18.5 Å². The van der Waals surface area contributed by atoms with Crippen LogP contribution in [0.1, 0.15) is 11.1 Å². The van der Waals surface area contributed by atoms with Gasteiger partial charge in [0, 0.05) is 11.9 Å². The minimum absolute atomic E-state index is 0.00119. The summed E-state index contributed by atoms with van der Waals surface area (Å²) in [7, 11) is 0. The molecule has 0 spiro atoms. The first kappa shape index (κ1) is 19.4. The lowest BCUT2D eigenvalue weighted by molar-refractivity contribution is -0.131. The normalized spacial score (nSPS) is 15.7. The van der Waals surface area contributed by atoms with E-state index >= 15 is 0 Å². The molecule has 1 atom stereocenters. The quantitative estimate of drug-likeness (QED) is 0.657. The highest BCUT2D eigenvalue weighted by Crippen LogP contribution is 2.25. The van der Waals surface area contributed by atoms with Crippen LogP contribution in [0.25, 0.3) is 0 Å². The van der Waals surface area contributed by atoms with Gasteiger partial charge in [-0.1, -0.05) is 12.1 Å². The van der Waals surface area contributed by atoms with E-state index in [9.17, 15) is 4.79 Å². The molecule has 1 unspecified atom stereocenters. The van der Waals surface area contributed by atoms with E-state index < -0.39 is 0 Å². The van der Waals surface area contributed by atoms with Crippen LogP contribution in [-0.4, -0.2) is 30.1 Å². The number of carbonyl (C=O) groups is 1. The van der Waals surface area contributed by atoms with Crippen LogP contribution in [-0.2, 0) is 16.0 Å². The van der Waals surface area contributed by atoms with E-state index in [1.165, 1.54) is 0 Å². The lowest BCUT2D eigenvalue weighted by atomic mass is 10.1. The second-order valence-corrected chi connectivity index (χ2v) is 6.89. The molecule has 1 saturated heterocycles. The molecule has 0 aliphatic carbocycles. The van der Waals surface area contributed by atoms with Gasteiger partial charge >= 0.3 is 0 Å². The van der Waals surface area contributed by atoms with E-state index in [0.29, 0.717) is 30.2 Å². The Kier molecular flexibility index (Phi) is 5.88. The molecular formula is C23H20N4O3. The van der Waals surface area contributed by atoms with Gasteiger partial charge in [-0.25, -0.2) is 4.98 Å². The number of rotatable bonds is 6. The SMILES string of the molecule is N#Cc1cccnc1Nc1ccc(Oc2ccc(CC3COCC(=O)N3)cc2)cc1. The van der Waals surface area contributed by atoms with Gasteiger partial charge in [-0.15, -0.1) is 0 Å². The lowest BCUT2D eigenvalue weighted by Gasteiger charge is -2.23. The van der Waals surface area contributed by atoms with Crippen LogP contribution in [0.5, 0.6) is 11.5 Å². The Balaban J connectivity index is 1.35. The van der Waals surface area contributed by atoms with Gasteiger partial charge in [0.25, 0.3) is 0 Å². The van der Waals surface area contributed by atoms with E-state index in [1.807, 2.05) is 48.5 Å². The summed E-state index contributed by atoms with van der Waals surface area (Å²) in [6.07, 6.45) is 2.35. The monoisotopic (exact) mass is 400 g/mol. The van der Waals surface area contributed by atoms with Crippen LogP contribution in [0.3, 0.4) is 0 Å². The van der Waals surface area contributed by atoms with Crippen LogP contribution < -0.4 is 15.4 Å². The third kappa shape index (κ3) is 4.93. The minimum atomic E-state index is -0.0731. The molecule has 150 valence electrons. The van der Waals surface area contributed by atoms with Gasteiger partial charge in [0.05, 0.1) is 18.2 Å². The van der Waals surface area contributed by atoms with Crippen molar-refractivity contribution in [3.05, 3.63) is 78.0 Å². The largest absolute Gasteiger partial charge is 0.457 e. The number of amides is 1. The number of nitrogens with zero attached hydrogens (tertiary/aromatic N) is 2. The average molecular weight is 400 g/mol. The molecule has 0 bridgehead atoms. The third-order valence-corrected chi connectivity index (χ3v) is 4.60. The van der Waals surface area contributed by atoms with Crippen molar-refractivity contribution in [2.24, 2.45) is 0 Å². The van der Waals surface area contributed by atoms with Crippen LogP contribution >= 0.6 is 0 Å². The van der Waals surface area contributed by atoms with Crippen molar-refractivity contribution in [3.63, 3.8) is 0 Å². The van der Waals surface area contributed by atoms with E-state index in [4.69, 9.17) is 14.7 Å². The smallest absolute Gasteiger partial charge is 0.246 e. The van der Waals surface area contributed by atoms with Gasteiger partial charge in [-0.3, -0.25) is 4.79 Å². The summed E-state index contributed by atoms with van der Waals surface area (Å²) in [4.78, 5) is 15.6.